The second-order valence-corrected chi connectivity index (χ2v) is 40.4. The van der Waals surface area contributed by atoms with E-state index in [1.54, 1.807) is 0 Å². The van der Waals surface area contributed by atoms with Gasteiger partial charge in [0.05, 0.1) is 22.8 Å². The summed E-state index contributed by atoms with van der Waals surface area (Å²) in [5.74, 6) is 23.7. The molecule has 82 heavy (non-hydrogen) atoms. The average molecular weight is 1190 g/mol. The van der Waals surface area contributed by atoms with Crippen LogP contribution < -0.4 is 23.2 Å². The Hall–Kier alpha value is -6.39. The number of benzene rings is 3. The molecular weight excluding hydrogens is 1110 g/mol. The fourth-order valence-electron chi connectivity index (χ4n) is 8.70. The fourth-order valence-corrected chi connectivity index (χ4v) is 11.8. The zero-order chi connectivity index (χ0) is 58.4. The van der Waals surface area contributed by atoms with E-state index in [1.165, 1.54) is 32.1 Å². The number of hydrogen-bond donors (Lipinski definition) is 0. The maximum Gasteiger partial charge on any atom is 2.00 e. The first-order valence-corrected chi connectivity index (χ1v) is 37.9. The summed E-state index contributed by atoms with van der Waals surface area (Å²) in [6.45, 7) is 36.2. The Morgan fingerprint density at radius 1 is 0.402 bits per heavy atom. The van der Waals surface area contributed by atoms with Crippen molar-refractivity contribution in [2.24, 2.45) is 0 Å². The van der Waals surface area contributed by atoms with Gasteiger partial charge >= 0.3 is 19.5 Å². The van der Waals surface area contributed by atoms with Crippen molar-refractivity contribution in [1.82, 2.24) is 19.9 Å². The minimum absolute atomic E-state index is 0. The van der Waals surface area contributed by atoms with Gasteiger partial charge in [0.25, 0.3) is 0 Å². The fraction of sp³-hybridized carbons (Fsp3) is 0.380. The number of fused-ring (bicyclic) bond motifs is 8. The molecule has 2 aliphatic rings. The van der Waals surface area contributed by atoms with Crippen LogP contribution in [0.25, 0.3) is 46.4 Å². The first kappa shape index (κ1) is 63.2. The Kier molecular flexibility index (Phi) is 20.1. The maximum atomic E-state index is 6.75. The number of nitrogens with zero attached hydrogens (tertiary/aromatic N) is 4. The normalized spacial score (nSPS) is 12.5. The van der Waals surface area contributed by atoms with Crippen LogP contribution in [0.1, 0.15) is 176 Å². The van der Waals surface area contributed by atoms with Gasteiger partial charge in [0.1, 0.15) is 17.2 Å². The van der Waals surface area contributed by atoms with Gasteiger partial charge in [-0.15, -0.1) is 22.1 Å². The summed E-state index contributed by atoms with van der Waals surface area (Å²) in [4.78, 5) is 21.6. The summed E-state index contributed by atoms with van der Waals surface area (Å²) in [5.41, 5.74) is 11.7. The molecule has 0 amide bonds. The monoisotopic (exact) mass is 1190 g/mol. The SMILES string of the molecule is CCCCCCCCCc1c2nc(c(C#Cc3cccc(O[Si](C)(C)C(C)(C)C)c3)c3ccc([n-]3)c(C#Cc3cccc(O[Si](C)(C)C(C)(C)C)c3)c3nc(c(C#Cc4cccc(O[Si](C)(C)C(C)(C)C)c4)c4ccc1[n-]4)C=C3)C=C2.[Zn+2]. The van der Waals surface area contributed by atoms with Crippen LogP contribution in [0.15, 0.2) is 97.1 Å². The predicted octanol–water partition coefficient (Wildman–Crippen LogP) is 18.6. The molecule has 3 aromatic heterocycles. The molecule has 0 N–H and O–H groups in total. The zero-order valence-electron chi connectivity index (χ0n) is 51.9. The van der Waals surface area contributed by atoms with Crippen molar-refractivity contribution >= 4 is 71.3 Å². The van der Waals surface area contributed by atoms with Gasteiger partial charge in [-0.25, -0.2) is 9.97 Å². The minimum Gasteiger partial charge on any atom is -0.656 e. The molecule has 3 aromatic carbocycles. The third-order valence-corrected chi connectivity index (χ3v) is 29.9. The van der Waals surface area contributed by atoms with E-state index in [2.05, 4.69) is 168 Å². The Morgan fingerprint density at radius 2 is 0.720 bits per heavy atom. The molecule has 11 heteroatoms. The second kappa shape index (κ2) is 26.0. The van der Waals surface area contributed by atoms with E-state index in [0.29, 0.717) is 39.1 Å². The van der Waals surface area contributed by atoms with E-state index >= 15 is 0 Å². The van der Waals surface area contributed by atoms with Crippen molar-refractivity contribution in [2.75, 3.05) is 0 Å². The van der Waals surface area contributed by atoms with Crippen LogP contribution in [0.3, 0.4) is 0 Å². The van der Waals surface area contributed by atoms with Crippen LogP contribution >= 0.6 is 0 Å². The Balaban J connectivity index is 0.00000968. The molecule has 0 unspecified atom stereocenters. The molecule has 420 valence electrons. The standard InChI is InChI=1S/C71H84N4O3Si3.Zn/c1-17-18-19-20-21-22-23-33-57-61-40-42-63(72-61)58(37-34-51-27-24-30-54(48-51)76-79(11,12)69(2,3)4)65-44-46-67(74-65)60(39-36-53-29-26-32-56(50-53)78-81(15,16)71(8,9)10)68-47-45-66(75-68)59(64-43-41-62(57)73-64)38-35-52-28-25-31-55(49-52)77-80(13,14)70(5,6)7;/h24-32,40-50H,17-23,33H2,1-16H3;/q-2;+2. The van der Waals surface area contributed by atoms with Crippen molar-refractivity contribution in [3.8, 4) is 52.8 Å². The van der Waals surface area contributed by atoms with Crippen LogP contribution in [-0.2, 0) is 25.9 Å². The van der Waals surface area contributed by atoms with Gasteiger partial charge in [-0.05, 0) is 152 Å². The van der Waals surface area contributed by atoms with Crippen molar-refractivity contribution in [3.05, 3.63) is 159 Å². The Morgan fingerprint density at radius 3 is 1.09 bits per heavy atom. The molecule has 7 nitrogen and oxygen atoms in total. The van der Waals surface area contributed by atoms with Gasteiger partial charge in [-0.1, -0.05) is 186 Å². The van der Waals surface area contributed by atoms with E-state index in [4.69, 9.17) is 33.2 Å². The molecule has 8 bridgehead atoms. The van der Waals surface area contributed by atoms with Gasteiger partial charge < -0.3 is 23.2 Å². The second-order valence-electron chi connectivity index (χ2n) is 26.3. The summed E-state index contributed by atoms with van der Waals surface area (Å²) in [5, 5.41) is 0.133. The summed E-state index contributed by atoms with van der Waals surface area (Å²) in [6, 6.07) is 32.6. The van der Waals surface area contributed by atoms with Gasteiger partial charge in [0, 0.05) is 33.4 Å². The van der Waals surface area contributed by atoms with Crippen LogP contribution in [0, 0.1) is 35.5 Å². The number of unbranched alkanes of at least 4 members (excludes halogenated alkanes) is 6. The van der Waals surface area contributed by atoms with E-state index in [1.807, 2.05) is 97.1 Å². The number of rotatable bonds is 14. The quantitative estimate of drug-likeness (QED) is 0.0609. The van der Waals surface area contributed by atoms with E-state index in [9.17, 15) is 0 Å². The maximum absolute atomic E-state index is 6.75. The molecule has 0 atom stereocenters. The van der Waals surface area contributed by atoms with Crippen LogP contribution in [0.5, 0.6) is 17.2 Å². The van der Waals surface area contributed by atoms with Crippen molar-refractivity contribution in [1.29, 1.82) is 0 Å². The summed E-state index contributed by atoms with van der Waals surface area (Å²) in [7, 11) is -6.32. The number of aryl methyl sites for hydroxylation is 1. The van der Waals surface area contributed by atoms with Crippen LogP contribution in [0.4, 0.5) is 0 Å². The van der Waals surface area contributed by atoms with E-state index in [0.717, 1.165) is 81.2 Å². The first-order chi connectivity index (χ1) is 38.2. The average Bonchev–Trinajstić information content (AvgIpc) is 4.42. The van der Waals surface area contributed by atoms with E-state index < -0.39 is 25.0 Å². The van der Waals surface area contributed by atoms with Gasteiger partial charge in [-0.3, -0.25) is 0 Å². The third kappa shape index (κ3) is 15.6. The van der Waals surface area contributed by atoms with Gasteiger partial charge in [-0.2, -0.15) is 0 Å². The largest absolute Gasteiger partial charge is 2.00 e. The first-order valence-electron chi connectivity index (χ1n) is 29.2. The summed E-state index contributed by atoms with van der Waals surface area (Å²) < 4.78 is 20.2. The Labute approximate surface area is 507 Å². The Bertz CT molecular complexity index is 3640. The number of hydrogen-bond acceptors (Lipinski definition) is 5. The predicted molar refractivity (Wildman–Crippen MR) is 349 cm³/mol. The van der Waals surface area contributed by atoms with Gasteiger partial charge in [0.2, 0.25) is 25.0 Å². The molecule has 0 aliphatic carbocycles. The number of aromatic nitrogens is 4. The molecule has 5 heterocycles. The molecule has 2 aliphatic heterocycles. The van der Waals surface area contributed by atoms with Crippen LogP contribution in [-0.4, -0.2) is 34.9 Å². The molecule has 0 fully saturated rings. The topological polar surface area (TPSA) is 81.7 Å². The molecule has 0 saturated carbocycles. The van der Waals surface area contributed by atoms with Crippen LogP contribution in [0.2, 0.25) is 54.4 Å². The molecule has 0 radical (unpaired) electrons. The molecule has 6 aromatic rings. The zero-order valence-corrected chi connectivity index (χ0v) is 57.9. The van der Waals surface area contributed by atoms with E-state index in [-0.39, 0.29) is 34.6 Å². The smallest absolute Gasteiger partial charge is 0.656 e. The minimum atomic E-state index is -2.12. The third-order valence-electron chi connectivity index (χ3n) is 16.8. The molecule has 8 rings (SSSR count). The molecule has 0 spiro atoms. The van der Waals surface area contributed by atoms with Crippen molar-refractivity contribution in [2.45, 2.75) is 175 Å². The molecular formula is C71H84N4O3Si3Zn. The van der Waals surface area contributed by atoms with Crippen molar-refractivity contribution < 1.29 is 32.8 Å². The van der Waals surface area contributed by atoms with Crippen molar-refractivity contribution in [3.63, 3.8) is 0 Å². The molecule has 0 saturated heterocycles. The summed E-state index contributed by atoms with van der Waals surface area (Å²) >= 11 is 0. The van der Waals surface area contributed by atoms with Gasteiger partial charge in [0.15, 0.2) is 0 Å². The summed E-state index contributed by atoms with van der Waals surface area (Å²) in [6.07, 6.45) is 17.5.